The van der Waals surface area contributed by atoms with E-state index in [4.69, 9.17) is 25.8 Å². The zero-order chi connectivity index (χ0) is 19.4. The Morgan fingerprint density at radius 3 is 2.59 bits per heavy atom. The highest BCUT2D eigenvalue weighted by molar-refractivity contribution is 6.32. The summed E-state index contributed by atoms with van der Waals surface area (Å²) in [5, 5.41) is 4.45. The van der Waals surface area contributed by atoms with E-state index in [1.807, 2.05) is 24.3 Å². The number of rotatable bonds is 6. The Hall–Kier alpha value is -2.99. The van der Waals surface area contributed by atoms with Gasteiger partial charge in [-0.1, -0.05) is 23.7 Å². The molecule has 27 heavy (non-hydrogen) atoms. The van der Waals surface area contributed by atoms with Crippen LogP contribution in [0, 0.1) is 0 Å². The first-order chi connectivity index (χ1) is 13.1. The van der Waals surface area contributed by atoms with Crippen molar-refractivity contribution in [1.29, 1.82) is 0 Å². The Morgan fingerprint density at radius 2 is 1.93 bits per heavy atom. The lowest BCUT2D eigenvalue weighted by molar-refractivity contribution is 0.0527. The van der Waals surface area contributed by atoms with E-state index in [9.17, 15) is 4.79 Å². The van der Waals surface area contributed by atoms with E-state index in [0.717, 1.165) is 5.39 Å². The number of hydrogen-bond acceptors (Lipinski definition) is 6. The Balaban J connectivity index is 2.16. The highest BCUT2D eigenvalue weighted by Crippen LogP contribution is 2.35. The van der Waals surface area contributed by atoms with Crippen LogP contribution in [-0.2, 0) is 4.74 Å². The number of anilines is 2. The number of carbonyl (C=O) groups is 1. The van der Waals surface area contributed by atoms with Gasteiger partial charge in [0.05, 0.1) is 31.5 Å². The van der Waals surface area contributed by atoms with Gasteiger partial charge in [0.2, 0.25) is 0 Å². The molecular weight excluding hydrogens is 368 g/mol. The molecule has 0 fully saturated rings. The van der Waals surface area contributed by atoms with Crippen LogP contribution in [0.1, 0.15) is 17.3 Å². The van der Waals surface area contributed by atoms with E-state index in [1.54, 1.807) is 33.3 Å². The quantitative estimate of drug-likeness (QED) is 0.612. The maximum absolute atomic E-state index is 12.4. The molecule has 0 amide bonds. The second kappa shape index (κ2) is 8.14. The third-order valence-corrected chi connectivity index (χ3v) is 4.29. The Bertz CT molecular complexity index is 991. The smallest absolute Gasteiger partial charge is 0.341 e. The number of nitrogens with one attached hydrogen (secondary N) is 1. The van der Waals surface area contributed by atoms with Crippen LogP contribution in [0.5, 0.6) is 11.5 Å². The molecule has 0 saturated carbocycles. The number of pyridine rings is 1. The monoisotopic (exact) mass is 386 g/mol. The average molecular weight is 387 g/mol. The number of benzene rings is 2. The molecule has 7 heteroatoms. The van der Waals surface area contributed by atoms with Crippen LogP contribution in [0.25, 0.3) is 10.9 Å². The molecule has 0 spiro atoms. The number of ether oxygens (including phenoxy) is 3. The van der Waals surface area contributed by atoms with Crippen LogP contribution in [0.3, 0.4) is 0 Å². The maximum atomic E-state index is 12.4. The van der Waals surface area contributed by atoms with Gasteiger partial charge >= 0.3 is 5.97 Å². The number of aromatic nitrogens is 1. The Labute approximate surface area is 162 Å². The first-order valence-electron chi connectivity index (χ1n) is 8.32. The third-order valence-electron chi connectivity index (χ3n) is 4.00. The van der Waals surface area contributed by atoms with Crippen molar-refractivity contribution in [3.63, 3.8) is 0 Å². The third kappa shape index (κ3) is 3.75. The van der Waals surface area contributed by atoms with Crippen LogP contribution >= 0.6 is 11.6 Å². The minimum absolute atomic E-state index is 0.267. The number of carbonyl (C=O) groups excluding carboxylic acids is 1. The number of methoxy groups -OCH3 is 2. The fraction of sp³-hybridized carbons (Fsp3) is 0.200. The van der Waals surface area contributed by atoms with Crippen molar-refractivity contribution in [1.82, 2.24) is 4.98 Å². The van der Waals surface area contributed by atoms with Gasteiger partial charge in [0.15, 0.2) is 0 Å². The van der Waals surface area contributed by atoms with Crippen molar-refractivity contribution >= 4 is 39.8 Å². The van der Waals surface area contributed by atoms with Crippen molar-refractivity contribution in [2.75, 3.05) is 26.1 Å². The molecule has 0 bridgehead atoms. The van der Waals surface area contributed by atoms with E-state index in [-0.39, 0.29) is 6.61 Å². The van der Waals surface area contributed by atoms with Crippen molar-refractivity contribution in [3.05, 3.63) is 53.2 Å². The number of nitrogens with zero attached hydrogens (tertiary/aromatic N) is 1. The average Bonchev–Trinajstić information content (AvgIpc) is 2.68. The molecule has 0 saturated heterocycles. The summed E-state index contributed by atoms with van der Waals surface area (Å²) < 4.78 is 15.7. The molecule has 1 heterocycles. The SMILES string of the molecule is CCOC(=O)c1cnc2c(OC)cccc2c1Nc1ccc(OC)c(Cl)c1. The van der Waals surface area contributed by atoms with E-state index in [2.05, 4.69) is 10.3 Å². The molecule has 1 aromatic heterocycles. The Kier molecular flexibility index (Phi) is 5.66. The first kappa shape index (κ1) is 18.8. The normalized spacial score (nSPS) is 10.5. The molecule has 0 aliphatic carbocycles. The lowest BCUT2D eigenvalue weighted by Gasteiger charge is -2.16. The second-order valence-corrected chi connectivity index (χ2v) is 6.01. The van der Waals surface area contributed by atoms with Gasteiger partial charge in [0.25, 0.3) is 0 Å². The predicted octanol–water partition coefficient (Wildman–Crippen LogP) is 4.83. The lowest BCUT2D eigenvalue weighted by Crippen LogP contribution is -2.09. The van der Waals surface area contributed by atoms with Gasteiger partial charge in [-0.3, -0.25) is 4.98 Å². The summed E-state index contributed by atoms with van der Waals surface area (Å²) in [6.07, 6.45) is 1.48. The molecule has 0 atom stereocenters. The van der Waals surface area contributed by atoms with E-state index < -0.39 is 5.97 Å². The topological polar surface area (TPSA) is 69.7 Å². The fourth-order valence-electron chi connectivity index (χ4n) is 2.75. The second-order valence-electron chi connectivity index (χ2n) is 5.60. The molecule has 3 aromatic rings. The van der Waals surface area contributed by atoms with Crippen molar-refractivity contribution in [2.45, 2.75) is 6.92 Å². The minimum atomic E-state index is -0.461. The van der Waals surface area contributed by atoms with Gasteiger partial charge in [-0.25, -0.2) is 4.79 Å². The van der Waals surface area contributed by atoms with Gasteiger partial charge < -0.3 is 19.5 Å². The van der Waals surface area contributed by atoms with Crippen molar-refractivity contribution < 1.29 is 19.0 Å². The Morgan fingerprint density at radius 1 is 1.15 bits per heavy atom. The number of fused-ring (bicyclic) bond motifs is 1. The highest BCUT2D eigenvalue weighted by Gasteiger charge is 2.19. The molecule has 0 unspecified atom stereocenters. The molecule has 0 aliphatic heterocycles. The molecule has 140 valence electrons. The molecule has 6 nitrogen and oxygen atoms in total. The number of para-hydroxylation sites is 1. The summed E-state index contributed by atoms with van der Waals surface area (Å²) in [5.41, 5.74) is 2.22. The maximum Gasteiger partial charge on any atom is 0.341 e. The molecule has 0 radical (unpaired) electrons. The van der Waals surface area contributed by atoms with Crippen LogP contribution in [0.4, 0.5) is 11.4 Å². The zero-order valence-corrected chi connectivity index (χ0v) is 16.0. The largest absolute Gasteiger partial charge is 0.495 e. The summed E-state index contributed by atoms with van der Waals surface area (Å²) >= 11 is 6.22. The van der Waals surface area contributed by atoms with Crippen LogP contribution in [-0.4, -0.2) is 31.8 Å². The van der Waals surface area contributed by atoms with E-state index >= 15 is 0 Å². The zero-order valence-electron chi connectivity index (χ0n) is 15.2. The molecule has 3 rings (SSSR count). The molecule has 0 aliphatic rings. The number of hydrogen-bond donors (Lipinski definition) is 1. The molecule has 1 N–H and O–H groups in total. The summed E-state index contributed by atoms with van der Waals surface area (Å²) in [5.74, 6) is 0.713. The lowest BCUT2D eigenvalue weighted by atomic mass is 10.1. The molecular formula is C20H19ClN2O4. The summed E-state index contributed by atoms with van der Waals surface area (Å²) in [4.78, 5) is 16.8. The van der Waals surface area contributed by atoms with Crippen molar-refractivity contribution in [2.24, 2.45) is 0 Å². The van der Waals surface area contributed by atoms with Crippen LogP contribution in [0.2, 0.25) is 5.02 Å². The van der Waals surface area contributed by atoms with E-state index in [1.165, 1.54) is 6.20 Å². The summed E-state index contributed by atoms with van der Waals surface area (Å²) in [6.45, 7) is 2.02. The summed E-state index contributed by atoms with van der Waals surface area (Å²) in [6, 6.07) is 10.8. The van der Waals surface area contributed by atoms with Gasteiger partial charge in [-0.05, 0) is 31.2 Å². The predicted molar refractivity (Wildman–Crippen MR) is 106 cm³/mol. The highest BCUT2D eigenvalue weighted by atomic mass is 35.5. The standard InChI is InChI=1S/C20H19ClN2O4/c1-4-27-20(24)14-11-22-19-13(6-5-7-17(19)26-3)18(14)23-12-8-9-16(25-2)15(21)10-12/h5-11H,4H2,1-3H3,(H,22,23). The molecule has 2 aromatic carbocycles. The van der Waals surface area contributed by atoms with Gasteiger partial charge in [-0.15, -0.1) is 0 Å². The van der Waals surface area contributed by atoms with Crippen LogP contribution < -0.4 is 14.8 Å². The number of esters is 1. The van der Waals surface area contributed by atoms with Gasteiger partial charge in [0, 0.05) is 17.3 Å². The fourth-order valence-corrected chi connectivity index (χ4v) is 3.01. The minimum Gasteiger partial charge on any atom is -0.495 e. The number of halogens is 1. The van der Waals surface area contributed by atoms with E-state index in [0.29, 0.717) is 39.0 Å². The van der Waals surface area contributed by atoms with Gasteiger partial charge in [-0.2, -0.15) is 0 Å². The van der Waals surface area contributed by atoms with Crippen molar-refractivity contribution in [3.8, 4) is 11.5 Å². The van der Waals surface area contributed by atoms with Gasteiger partial charge in [0.1, 0.15) is 22.6 Å². The first-order valence-corrected chi connectivity index (χ1v) is 8.70. The van der Waals surface area contributed by atoms with Crippen LogP contribution in [0.15, 0.2) is 42.6 Å². The summed E-state index contributed by atoms with van der Waals surface area (Å²) in [7, 11) is 3.13.